The molecule has 4 nitrogen and oxygen atoms in total. The summed E-state index contributed by atoms with van der Waals surface area (Å²) in [6.45, 7) is 3.54. The van der Waals surface area contributed by atoms with Crippen LogP contribution in [0.2, 0.25) is 5.15 Å². The molecule has 0 atom stereocenters. The molecular weight excluding hydrogens is 332 g/mol. The molecule has 0 aliphatic rings. The number of hydrogen-bond donors (Lipinski definition) is 1. The molecule has 0 spiro atoms. The Balaban J connectivity index is 2.86. The molecular formula is C13H12BrClN2O2. The smallest absolute Gasteiger partial charge is 0.297 e. The first-order valence-electron chi connectivity index (χ1n) is 5.72. The number of benzene rings is 1. The molecule has 0 aliphatic heterocycles. The van der Waals surface area contributed by atoms with Gasteiger partial charge >= 0.3 is 5.69 Å². The number of H-pyrrole nitrogens is 1. The maximum atomic E-state index is 12.4. The highest BCUT2D eigenvalue weighted by atomic mass is 79.9. The van der Waals surface area contributed by atoms with E-state index >= 15 is 0 Å². The number of hydrogen-bond acceptors (Lipinski definition) is 2. The van der Waals surface area contributed by atoms with Crippen molar-refractivity contribution in [2.75, 3.05) is 0 Å². The largest absolute Gasteiger partial charge is 0.329 e. The maximum Gasteiger partial charge on any atom is 0.329 e. The Kier molecular flexibility index (Phi) is 3.96. The van der Waals surface area contributed by atoms with Gasteiger partial charge in [0, 0.05) is 16.1 Å². The summed E-state index contributed by atoms with van der Waals surface area (Å²) in [5, 5.41) is 0.0544. The second-order valence-electron chi connectivity index (χ2n) is 4.37. The molecule has 0 saturated carbocycles. The van der Waals surface area contributed by atoms with Crippen LogP contribution in [-0.4, -0.2) is 9.55 Å². The molecule has 1 aromatic carbocycles. The Bertz CT molecular complexity index is 734. The van der Waals surface area contributed by atoms with Crippen LogP contribution in [-0.2, 0) is 0 Å². The summed E-state index contributed by atoms with van der Waals surface area (Å²) in [6, 6.07) is 7.00. The van der Waals surface area contributed by atoms with Crippen LogP contribution >= 0.6 is 27.5 Å². The molecule has 2 aromatic rings. The lowest BCUT2D eigenvalue weighted by molar-refractivity contribution is 0.547. The van der Waals surface area contributed by atoms with E-state index in [1.54, 1.807) is 26.0 Å². The quantitative estimate of drug-likeness (QED) is 0.851. The summed E-state index contributed by atoms with van der Waals surface area (Å²) in [7, 11) is 0. The van der Waals surface area contributed by atoms with E-state index in [1.165, 1.54) is 0 Å². The van der Waals surface area contributed by atoms with E-state index in [-0.39, 0.29) is 11.2 Å². The Labute approximate surface area is 123 Å². The molecule has 0 aliphatic carbocycles. The summed E-state index contributed by atoms with van der Waals surface area (Å²) >= 11 is 9.41. The normalized spacial score (nSPS) is 11.0. The monoisotopic (exact) mass is 342 g/mol. The van der Waals surface area contributed by atoms with Crippen LogP contribution in [0, 0.1) is 0 Å². The van der Waals surface area contributed by atoms with Gasteiger partial charge in [-0.15, -0.1) is 0 Å². The average Bonchev–Trinajstić information content (AvgIpc) is 2.30. The van der Waals surface area contributed by atoms with Crippen molar-refractivity contribution in [3.05, 3.63) is 54.7 Å². The number of aromatic nitrogens is 2. The highest BCUT2D eigenvalue weighted by Crippen LogP contribution is 2.29. The summed E-state index contributed by atoms with van der Waals surface area (Å²) in [5.74, 6) is 0. The second kappa shape index (κ2) is 5.35. The first-order chi connectivity index (χ1) is 8.93. The Morgan fingerprint density at radius 3 is 2.47 bits per heavy atom. The predicted octanol–water partition coefficient (Wildman–Crippen LogP) is 3.20. The van der Waals surface area contributed by atoms with Gasteiger partial charge in [0.25, 0.3) is 5.56 Å². The molecule has 1 aromatic heterocycles. The van der Waals surface area contributed by atoms with Crippen molar-refractivity contribution < 1.29 is 0 Å². The lowest BCUT2D eigenvalue weighted by Gasteiger charge is -2.12. The number of nitrogens with one attached hydrogen (secondary N) is 1. The standard InChI is InChI=1S/C13H12BrClN2O2/c1-7(2)17-12(18)10(11(15)16-13(17)19)8-5-3-4-6-9(8)14/h3-7H,1-2H3,(H,16,19). The van der Waals surface area contributed by atoms with Gasteiger partial charge in [0.2, 0.25) is 0 Å². The van der Waals surface area contributed by atoms with E-state index in [9.17, 15) is 9.59 Å². The zero-order chi connectivity index (χ0) is 14.2. The predicted molar refractivity (Wildman–Crippen MR) is 79.9 cm³/mol. The van der Waals surface area contributed by atoms with Gasteiger partial charge in [-0.2, -0.15) is 0 Å². The van der Waals surface area contributed by atoms with Gasteiger partial charge in [0.05, 0.1) is 5.56 Å². The molecule has 0 unspecified atom stereocenters. The molecule has 0 fully saturated rings. The van der Waals surface area contributed by atoms with Crippen LogP contribution in [0.5, 0.6) is 0 Å². The summed E-state index contributed by atoms with van der Waals surface area (Å²) < 4.78 is 1.90. The number of aromatic amines is 1. The lowest BCUT2D eigenvalue weighted by atomic mass is 10.1. The topological polar surface area (TPSA) is 54.9 Å². The van der Waals surface area contributed by atoms with Crippen molar-refractivity contribution in [3.8, 4) is 11.1 Å². The van der Waals surface area contributed by atoms with Gasteiger partial charge in [-0.3, -0.25) is 14.3 Å². The van der Waals surface area contributed by atoms with Crippen LogP contribution in [0.1, 0.15) is 19.9 Å². The van der Waals surface area contributed by atoms with Crippen molar-refractivity contribution in [1.29, 1.82) is 0 Å². The van der Waals surface area contributed by atoms with E-state index < -0.39 is 11.2 Å². The third-order valence-corrected chi connectivity index (χ3v) is 3.72. The zero-order valence-corrected chi connectivity index (χ0v) is 12.7. The molecule has 6 heteroatoms. The fraction of sp³-hybridized carbons (Fsp3) is 0.231. The Morgan fingerprint density at radius 2 is 1.89 bits per heavy atom. The molecule has 0 bridgehead atoms. The Morgan fingerprint density at radius 1 is 1.26 bits per heavy atom. The summed E-state index contributed by atoms with van der Waals surface area (Å²) in [5.41, 5.74) is 0.0574. The zero-order valence-electron chi connectivity index (χ0n) is 10.4. The van der Waals surface area contributed by atoms with Crippen LogP contribution < -0.4 is 11.2 Å². The summed E-state index contributed by atoms with van der Waals surface area (Å²) in [6.07, 6.45) is 0. The van der Waals surface area contributed by atoms with Gasteiger partial charge < -0.3 is 0 Å². The fourth-order valence-corrected chi connectivity index (χ4v) is 2.64. The third-order valence-electron chi connectivity index (χ3n) is 2.75. The number of rotatable bonds is 2. The van der Waals surface area contributed by atoms with Crippen molar-refractivity contribution in [3.63, 3.8) is 0 Å². The van der Waals surface area contributed by atoms with Crippen LogP contribution in [0.25, 0.3) is 11.1 Å². The van der Waals surface area contributed by atoms with E-state index in [1.807, 2.05) is 12.1 Å². The molecule has 2 rings (SSSR count). The maximum absolute atomic E-state index is 12.4. The molecule has 100 valence electrons. The van der Waals surface area contributed by atoms with E-state index in [4.69, 9.17) is 11.6 Å². The highest BCUT2D eigenvalue weighted by molar-refractivity contribution is 9.10. The van der Waals surface area contributed by atoms with Crippen molar-refractivity contribution >= 4 is 27.5 Å². The van der Waals surface area contributed by atoms with E-state index in [0.717, 1.165) is 9.04 Å². The van der Waals surface area contributed by atoms with Gasteiger partial charge in [0.1, 0.15) is 5.15 Å². The molecule has 1 heterocycles. The molecule has 19 heavy (non-hydrogen) atoms. The van der Waals surface area contributed by atoms with Crippen molar-refractivity contribution in [2.24, 2.45) is 0 Å². The van der Waals surface area contributed by atoms with Crippen molar-refractivity contribution in [1.82, 2.24) is 9.55 Å². The van der Waals surface area contributed by atoms with Crippen LogP contribution in [0.4, 0.5) is 0 Å². The minimum absolute atomic E-state index is 0.0544. The molecule has 0 amide bonds. The van der Waals surface area contributed by atoms with E-state index in [0.29, 0.717) is 11.1 Å². The fourth-order valence-electron chi connectivity index (χ4n) is 1.89. The van der Waals surface area contributed by atoms with Gasteiger partial charge in [-0.1, -0.05) is 45.7 Å². The van der Waals surface area contributed by atoms with E-state index in [2.05, 4.69) is 20.9 Å². The highest BCUT2D eigenvalue weighted by Gasteiger charge is 2.17. The second-order valence-corrected chi connectivity index (χ2v) is 5.60. The number of halogens is 2. The third kappa shape index (κ3) is 2.53. The van der Waals surface area contributed by atoms with Gasteiger partial charge in [0.15, 0.2) is 0 Å². The first-order valence-corrected chi connectivity index (χ1v) is 6.89. The van der Waals surface area contributed by atoms with Gasteiger partial charge in [-0.05, 0) is 19.9 Å². The van der Waals surface area contributed by atoms with Crippen LogP contribution in [0.15, 0.2) is 38.3 Å². The SMILES string of the molecule is CC(C)n1c(=O)[nH]c(Cl)c(-c2ccccc2Br)c1=O. The molecule has 0 radical (unpaired) electrons. The first kappa shape index (κ1) is 14.1. The molecule has 1 N–H and O–H groups in total. The summed E-state index contributed by atoms with van der Waals surface area (Å²) in [4.78, 5) is 26.7. The average molecular weight is 344 g/mol. The lowest BCUT2D eigenvalue weighted by Crippen LogP contribution is -2.37. The van der Waals surface area contributed by atoms with Gasteiger partial charge in [-0.25, -0.2) is 4.79 Å². The minimum atomic E-state index is -0.499. The van der Waals surface area contributed by atoms with Crippen LogP contribution in [0.3, 0.4) is 0 Å². The molecule has 0 saturated heterocycles. The van der Waals surface area contributed by atoms with Crippen molar-refractivity contribution in [2.45, 2.75) is 19.9 Å². The Hall–Kier alpha value is -1.33. The minimum Gasteiger partial charge on any atom is -0.297 e. The number of nitrogens with zero attached hydrogens (tertiary/aromatic N) is 1.